The summed E-state index contributed by atoms with van der Waals surface area (Å²) in [5.41, 5.74) is 0.648. The number of nitrogens with zero attached hydrogens (tertiary/aromatic N) is 2. The molecule has 0 N–H and O–H groups in total. The number of para-hydroxylation sites is 2. The van der Waals surface area contributed by atoms with Crippen molar-refractivity contribution in [2.45, 2.75) is 23.0 Å². The summed E-state index contributed by atoms with van der Waals surface area (Å²) in [7, 11) is -3.89. The molecule has 6 nitrogen and oxygen atoms in total. The van der Waals surface area contributed by atoms with E-state index in [1.54, 1.807) is 48.8 Å². The van der Waals surface area contributed by atoms with E-state index >= 15 is 0 Å². The van der Waals surface area contributed by atoms with E-state index in [2.05, 4.69) is 9.97 Å². The minimum atomic E-state index is -3.89. The van der Waals surface area contributed by atoms with Crippen LogP contribution in [0.5, 0.6) is 11.5 Å². The Morgan fingerprint density at radius 3 is 1.42 bits per heavy atom. The van der Waals surface area contributed by atoms with Gasteiger partial charge in [0.05, 0.1) is 21.2 Å². The molecule has 0 radical (unpaired) electrons. The first-order valence-electron chi connectivity index (χ1n) is 9.63. The Morgan fingerprint density at radius 2 is 1.00 bits per heavy atom. The highest BCUT2D eigenvalue weighted by molar-refractivity contribution is 7.91. The molecule has 0 aliphatic rings. The minimum Gasteiger partial charge on any atom is -0.487 e. The van der Waals surface area contributed by atoms with Crippen LogP contribution in [-0.4, -0.2) is 18.4 Å². The lowest BCUT2D eigenvalue weighted by Gasteiger charge is -2.13. The molecule has 0 atom stereocenters. The molecule has 0 aliphatic carbocycles. The van der Waals surface area contributed by atoms with Gasteiger partial charge in [0, 0.05) is 12.4 Å². The average molecular weight is 433 g/mol. The lowest BCUT2D eigenvalue weighted by molar-refractivity contribution is 0.296. The van der Waals surface area contributed by atoms with Gasteiger partial charge in [0.1, 0.15) is 24.7 Å². The van der Waals surface area contributed by atoms with Crippen molar-refractivity contribution < 1.29 is 17.9 Å². The van der Waals surface area contributed by atoms with Crippen molar-refractivity contribution >= 4 is 9.84 Å². The van der Waals surface area contributed by atoms with Gasteiger partial charge < -0.3 is 9.47 Å². The van der Waals surface area contributed by atoms with Gasteiger partial charge in [0.2, 0.25) is 9.84 Å². The molecule has 0 saturated heterocycles. The van der Waals surface area contributed by atoms with Crippen molar-refractivity contribution in [2.75, 3.05) is 0 Å². The van der Waals surface area contributed by atoms with Crippen LogP contribution in [-0.2, 0) is 23.1 Å². The third kappa shape index (κ3) is 4.90. The lowest BCUT2D eigenvalue weighted by atomic mass is 10.3. The Bertz CT molecular complexity index is 1150. The molecule has 7 heteroatoms. The molecule has 2 aromatic carbocycles. The van der Waals surface area contributed by atoms with E-state index in [4.69, 9.17) is 9.47 Å². The Morgan fingerprint density at radius 1 is 0.581 bits per heavy atom. The third-order valence-corrected chi connectivity index (χ3v) is 6.41. The zero-order valence-electron chi connectivity index (χ0n) is 16.6. The van der Waals surface area contributed by atoms with E-state index in [-0.39, 0.29) is 23.0 Å². The first-order chi connectivity index (χ1) is 15.1. The van der Waals surface area contributed by atoms with E-state index in [0.29, 0.717) is 22.9 Å². The molecule has 0 bridgehead atoms. The summed E-state index contributed by atoms with van der Waals surface area (Å²) in [4.78, 5) is 8.67. The summed E-state index contributed by atoms with van der Waals surface area (Å²) in [6, 6.07) is 24.6. The van der Waals surface area contributed by atoms with Gasteiger partial charge in [0.25, 0.3) is 0 Å². The van der Waals surface area contributed by atoms with Gasteiger partial charge in [-0.2, -0.15) is 0 Å². The van der Waals surface area contributed by atoms with E-state index in [0.717, 1.165) is 0 Å². The van der Waals surface area contributed by atoms with Crippen molar-refractivity contribution in [1.82, 2.24) is 9.97 Å². The van der Waals surface area contributed by atoms with Crippen LogP contribution in [0, 0.1) is 0 Å². The van der Waals surface area contributed by atoms with Crippen LogP contribution in [0.1, 0.15) is 11.4 Å². The maximum atomic E-state index is 13.5. The van der Waals surface area contributed by atoms with Crippen molar-refractivity contribution in [3.8, 4) is 11.5 Å². The van der Waals surface area contributed by atoms with Gasteiger partial charge in [-0.1, -0.05) is 36.4 Å². The van der Waals surface area contributed by atoms with Crippen molar-refractivity contribution in [2.24, 2.45) is 0 Å². The van der Waals surface area contributed by atoms with E-state index in [9.17, 15) is 8.42 Å². The van der Waals surface area contributed by atoms with E-state index in [1.807, 2.05) is 36.4 Å². The Kier molecular flexibility index (Phi) is 6.24. The van der Waals surface area contributed by atoms with Gasteiger partial charge in [-0.3, -0.25) is 9.97 Å². The highest BCUT2D eigenvalue weighted by atomic mass is 32.2. The lowest BCUT2D eigenvalue weighted by Crippen LogP contribution is -2.13. The third-order valence-electron chi connectivity index (χ3n) is 4.51. The largest absolute Gasteiger partial charge is 0.487 e. The monoisotopic (exact) mass is 432 g/mol. The summed E-state index contributed by atoms with van der Waals surface area (Å²) >= 11 is 0. The fraction of sp³-hybridized carbons (Fsp3) is 0.0833. The maximum Gasteiger partial charge on any atom is 0.210 e. The predicted octanol–water partition coefficient (Wildman–Crippen LogP) is 4.47. The summed E-state index contributed by atoms with van der Waals surface area (Å²) < 4.78 is 38.5. The predicted molar refractivity (Wildman–Crippen MR) is 115 cm³/mol. The second kappa shape index (κ2) is 9.40. The normalized spacial score (nSPS) is 11.1. The van der Waals surface area contributed by atoms with Crippen LogP contribution in [0.15, 0.2) is 107 Å². The number of hydrogen-bond acceptors (Lipinski definition) is 6. The molecule has 0 unspecified atom stereocenters. The van der Waals surface area contributed by atoms with Gasteiger partial charge in [0.15, 0.2) is 0 Å². The highest BCUT2D eigenvalue weighted by Gasteiger charge is 2.26. The Hall–Kier alpha value is -3.71. The topological polar surface area (TPSA) is 78.4 Å². The van der Waals surface area contributed by atoms with Crippen LogP contribution in [0.4, 0.5) is 0 Å². The number of benzene rings is 2. The van der Waals surface area contributed by atoms with Crippen LogP contribution in [0.25, 0.3) is 0 Å². The van der Waals surface area contributed by atoms with Crippen LogP contribution < -0.4 is 9.47 Å². The Balaban J connectivity index is 1.62. The number of sulfone groups is 1. The molecule has 31 heavy (non-hydrogen) atoms. The zero-order chi connectivity index (χ0) is 21.5. The smallest absolute Gasteiger partial charge is 0.210 e. The molecule has 0 saturated carbocycles. The molecular formula is C24H20N2O4S. The summed E-state index contributed by atoms with van der Waals surface area (Å²) in [5.74, 6) is 1.27. The molecule has 4 rings (SSSR count). The maximum absolute atomic E-state index is 13.5. The molecule has 4 aromatic rings. The molecule has 2 aromatic heterocycles. The molecule has 0 spiro atoms. The Labute approximate surface area is 181 Å². The summed E-state index contributed by atoms with van der Waals surface area (Å²) in [6.45, 7) is 0.0467. The number of hydrogen-bond donors (Lipinski definition) is 0. The number of rotatable bonds is 8. The van der Waals surface area contributed by atoms with Crippen LogP contribution in [0.2, 0.25) is 0 Å². The minimum absolute atomic E-state index is 0.0233. The fourth-order valence-corrected chi connectivity index (χ4v) is 4.60. The molecule has 0 fully saturated rings. The van der Waals surface area contributed by atoms with Crippen molar-refractivity contribution in [3.05, 3.63) is 109 Å². The standard InChI is InChI=1S/C24H20N2O4S/c27-31(28,23-13-7-15-25-21(23)17-29-19-9-3-1-4-10-19)24-14-8-16-26-22(24)18-30-20-11-5-2-6-12-20/h1-16H,17-18H2. The van der Waals surface area contributed by atoms with Crippen LogP contribution in [0.3, 0.4) is 0 Å². The average Bonchev–Trinajstić information content (AvgIpc) is 2.83. The number of pyridine rings is 2. The fourth-order valence-electron chi connectivity index (χ4n) is 3.01. The number of aromatic nitrogens is 2. The quantitative estimate of drug-likeness (QED) is 0.409. The molecule has 0 amide bonds. The molecule has 156 valence electrons. The van der Waals surface area contributed by atoms with Crippen molar-refractivity contribution in [1.29, 1.82) is 0 Å². The second-order valence-electron chi connectivity index (χ2n) is 6.60. The second-order valence-corrected chi connectivity index (χ2v) is 8.49. The highest BCUT2D eigenvalue weighted by Crippen LogP contribution is 2.26. The van der Waals surface area contributed by atoms with Gasteiger partial charge >= 0.3 is 0 Å². The van der Waals surface area contributed by atoms with Crippen LogP contribution >= 0.6 is 0 Å². The summed E-state index contributed by atoms with van der Waals surface area (Å²) in [5, 5.41) is 0. The molecular weight excluding hydrogens is 412 g/mol. The first-order valence-corrected chi connectivity index (χ1v) is 11.1. The van der Waals surface area contributed by atoms with Crippen molar-refractivity contribution in [3.63, 3.8) is 0 Å². The SMILES string of the molecule is O=S(=O)(c1cccnc1COc1ccccc1)c1cccnc1COc1ccccc1. The first kappa shape index (κ1) is 20.6. The van der Waals surface area contributed by atoms with E-state index < -0.39 is 9.84 Å². The van der Waals surface area contributed by atoms with Gasteiger partial charge in [-0.25, -0.2) is 8.42 Å². The molecule has 0 aliphatic heterocycles. The number of ether oxygens (including phenoxy) is 2. The zero-order valence-corrected chi connectivity index (χ0v) is 17.4. The van der Waals surface area contributed by atoms with Gasteiger partial charge in [-0.05, 0) is 48.5 Å². The van der Waals surface area contributed by atoms with E-state index in [1.165, 1.54) is 12.1 Å². The molecule has 2 heterocycles. The summed E-state index contributed by atoms with van der Waals surface area (Å²) in [6.07, 6.45) is 3.09. The van der Waals surface area contributed by atoms with Gasteiger partial charge in [-0.15, -0.1) is 0 Å².